The Morgan fingerprint density at radius 1 is 1.23 bits per heavy atom. The fraction of sp³-hybridized carbons (Fsp3) is 0.412. The molecule has 0 aliphatic heterocycles. The van der Waals surface area contributed by atoms with Gasteiger partial charge in [-0.1, -0.05) is 17.7 Å². The molecule has 1 fully saturated rings. The molecule has 4 nitrogen and oxygen atoms in total. The van der Waals surface area contributed by atoms with Gasteiger partial charge in [-0.25, -0.2) is 0 Å². The van der Waals surface area contributed by atoms with Gasteiger partial charge in [0.25, 0.3) is 0 Å². The van der Waals surface area contributed by atoms with E-state index < -0.39 is 0 Å². The van der Waals surface area contributed by atoms with Crippen LogP contribution in [0, 0.1) is 5.92 Å². The molecular formula is C17H20ClN3O. The van der Waals surface area contributed by atoms with Gasteiger partial charge < -0.3 is 11.1 Å². The lowest BCUT2D eigenvalue weighted by atomic mass is 9.86. The van der Waals surface area contributed by atoms with Crippen molar-refractivity contribution >= 4 is 28.4 Å². The minimum absolute atomic E-state index is 0.0964. The van der Waals surface area contributed by atoms with Crippen molar-refractivity contribution in [2.75, 3.05) is 0 Å². The van der Waals surface area contributed by atoms with Crippen LogP contribution in [0.4, 0.5) is 0 Å². The molecule has 0 spiro atoms. The number of fused-ring (bicyclic) bond motifs is 1. The first-order valence-electron chi connectivity index (χ1n) is 7.70. The van der Waals surface area contributed by atoms with Gasteiger partial charge in [-0.15, -0.1) is 0 Å². The van der Waals surface area contributed by atoms with Crippen molar-refractivity contribution in [3.8, 4) is 0 Å². The molecule has 22 heavy (non-hydrogen) atoms. The van der Waals surface area contributed by atoms with Crippen molar-refractivity contribution in [3.63, 3.8) is 0 Å². The number of hydrogen-bond donors (Lipinski definition) is 2. The van der Waals surface area contributed by atoms with Crippen LogP contribution in [-0.4, -0.2) is 16.9 Å². The van der Waals surface area contributed by atoms with E-state index in [2.05, 4.69) is 10.3 Å². The SMILES string of the molecule is NC1CCC(C(=O)NCc2ccc3cc(Cl)ccc3n2)CC1. The summed E-state index contributed by atoms with van der Waals surface area (Å²) in [7, 11) is 0. The topological polar surface area (TPSA) is 68.0 Å². The number of benzene rings is 1. The Labute approximate surface area is 135 Å². The third-order valence-electron chi connectivity index (χ3n) is 4.30. The van der Waals surface area contributed by atoms with Gasteiger partial charge in [0, 0.05) is 22.4 Å². The van der Waals surface area contributed by atoms with Gasteiger partial charge in [-0.2, -0.15) is 0 Å². The largest absolute Gasteiger partial charge is 0.350 e. The number of carbonyl (C=O) groups excluding carboxylic acids is 1. The summed E-state index contributed by atoms with van der Waals surface area (Å²) >= 11 is 5.96. The molecule has 3 N–H and O–H groups in total. The molecule has 0 bridgehead atoms. The average molecular weight is 318 g/mol. The minimum Gasteiger partial charge on any atom is -0.350 e. The number of amides is 1. The number of nitrogens with zero attached hydrogens (tertiary/aromatic N) is 1. The molecule has 0 radical (unpaired) electrons. The number of aromatic nitrogens is 1. The third-order valence-corrected chi connectivity index (χ3v) is 4.53. The molecule has 1 saturated carbocycles. The van der Waals surface area contributed by atoms with Crippen LogP contribution in [0.5, 0.6) is 0 Å². The Morgan fingerprint density at radius 3 is 2.77 bits per heavy atom. The smallest absolute Gasteiger partial charge is 0.223 e. The summed E-state index contributed by atoms with van der Waals surface area (Å²) in [6, 6.07) is 9.77. The Hall–Kier alpha value is -1.65. The van der Waals surface area contributed by atoms with E-state index in [4.69, 9.17) is 17.3 Å². The van der Waals surface area contributed by atoms with E-state index in [9.17, 15) is 4.79 Å². The summed E-state index contributed by atoms with van der Waals surface area (Å²) in [5.74, 6) is 0.212. The van der Waals surface area contributed by atoms with Gasteiger partial charge in [0.05, 0.1) is 17.8 Å². The molecule has 0 atom stereocenters. The summed E-state index contributed by atoms with van der Waals surface area (Å²) in [5, 5.41) is 4.69. The lowest BCUT2D eigenvalue weighted by Crippen LogP contribution is -2.36. The molecule has 1 aromatic heterocycles. The van der Waals surface area contributed by atoms with Crippen molar-refractivity contribution in [3.05, 3.63) is 41.0 Å². The standard InChI is InChI=1S/C17H20ClN3O/c18-13-4-8-16-12(9-13)3-7-15(21-16)10-20-17(22)11-1-5-14(19)6-2-11/h3-4,7-9,11,14H,1-2,5-6,10,19H2,(H,20,22). The monoisotopic (exact) mass is 317 g/mol. The molecule has 5 heteroatoms. The second-order valence-corrected chi connectivity index (χ2v) is 6.41. The van der Waals surface area contributed by atoms with E-state index in [0.29, 0.717) is 11.6 Å². The fourth-order valence-corrected chi connectivity index (χ4v) is 3.12. The highest BCUT2D eigenvalue weighted by molar-refractivity contribution is 6.31. The highest BCUT2D eigenvalue weighted by Crippen LogP contribution is 2.23. The van der Waals surface area contributed by atoms with E-state index in [1.165, 1.54) is 0 Å². The van der Waals surface area contributed by atoms with Crippen LogP contribution in [0.1, 0.15) is 31.4 Å². The maximum atomic E-state index is 12.2. The number of rotatable bonds is 3. The number of halogens is 1. The van der Waals surface area contributed by atoms with Crippen molar-refractivity contribution in [1.82, 2.24) is 10.3 Å². The first-order valence-corrected chi connectivity index (χ1v) is 8.08. The lowest BCUT2D eigenvalue weighted by Gasteiger charge is -2.25. The molecule has 1 aliphatic rings. The minimum atomic E-state index is 0.0964. The number of pyridine rings is 1. The van der Waals surface area contributed by atoms with Gasteiger partial charge in [-0.3, -0.25) is 9.78 Å². The van der Waals surface area contributed by atoms with E-state index in [1.807, 2.05) is 30.3 Å². The Balaban J connectivity index is 1.61. The highest BCUT2D eigenvalue weighted by Gasteiger charge is 2.24. The molecule has 2 aromatic rings. The van der Waals surface area contributed by atoms with E-state index >= 15 is 0 Å². The van der Waals surface area contributed by atoms with Crippen molar-refractivity contribution in [2.24, 2.45) is 11.7 Å². The quantitative estimate of drug-likeness (QED) is 0.914. The zero-order valence-corrected chi connectivity index (χ0v) is 13.1. The highest BCUT2D eigenvalue weighted by atomic mass is 35.5. The van der Waals surface area contributed by atoms with Crippen molar-refractivity contribution in [2.45, 2.75) is 38.3 Å². The Bertz CT molecular complexity index is 681. The maximum Gasteiger partial charge on any atom is 0.223 e. The molecule has 3 rings (SSSR count). The normalized spacial score (nSPS) is 21.7. The number of nitrogens with two attached hydrogens (primary N) is 1. The first kappa shape index (κ1) is 15.3. The van der Waals surface area contributed by atoms with E-state index in [-0.39, 0.29) is 17.9 Å². The molecule has 116 valence electrons. The molecule has 0 unspecified atom stereocenters. The summed E-state index contributed by atoms with van der Waals surface area (Å²) < 4.78 is 0. The van der Waals surface area contributed by atoms with Crippen LogP contribution in [0.15, 0.2) is 30.3 Å². The summed E-state index contributed by atoms with van der Waals surface area (Å²) in [5.41, 5.74) is 7.62. The van der Waals surface area contributed by atoms with Crippen LogP contribution in [-0.2, 0) is 11.3 Å². The fourth-order valence-electron chi connectivity index (χ4n) is 2.94. The maximum absolute atomic E-state index is 12.2. The second-order valence-electron chi connectivity index (χ2n) is 5.97. The van der Waals surface area contributed by atoms with E-state index in [0.717, 1.165) is 42.3 Å². The lowest BCUT2D eigenvalue weighted by molar-refractivity contribution is -0.126. The molecule has 1 aliphatic carbocycles. The zero-order valence-electron chi connectivity index (χ0n) is 12.4. The number of hydrogen-bond acceptors (Lipinski definition) is 3. The van der Waals surface area contributed by atoms with Crippen LogP contribution in [0.3, 0.4) is 0 Å². The molecule has 1 amide bonds. The Morgan fingerprint density at radius 2 is 2.00 bits per heavy atom. The van der Waals surface area contributed by atoms with Gasteiger partial charge >= 0.3 is 0 Å². The van der Waals surface area contributed by atoms with Gasteiger partial charge in [0.1, 0.15) is 0 Å². The summed E-state index contributed by atoms with van der Waals surface area (Å²) in [6.45, 7) is 0.458. The number of nitrogens with one attached hydrogen (secondary N) is 1. The number of carbonyl (C=O) groups is 1. The molecule has 1 aromatic carbocycles. The zero-order chi connectivity index (χ0) is 15.5. The predicted octanol–water partition coefficient (Wildman–Crippen LogP) is 3.02. The molecule has 0 saturated heterocycles. The van der Waals surface area contributed by atoms with Crippen molar-refractivity contribution in [1.29, 1.82) is 0 Å². The van der Waals surface area contributed by atoms with Crippen LogP contribution in [0.2, 0.25) is 5.02 Å². The summed E-state index contributed by atoms with van der Waals surface area (Å²) in [4.78, 5) is 16.7. The van der Waals surface area contributed by atoms with Gasteiger partial charge in [0.2, 0.25) is 5.91 Å². The molecular weight excluding hydrogens is 298 g/mol. The molecule has 1 heterocycles. The van der Waals surface area contributed by atoms with E-state index in [1.54, 1.807) is 0 Å². The first-order chi connectivity index (χ1) is 10.6. The van der Waals surface area contributed by atoms with Gasteiger partial charge in [0.15, 0.2) is 0 Å². The van der Waals surface area contributed by atoms with Crippen molar-refractivity contribution < 1.29 is 4.79 Å². The third kappa shape index (κ3) is 3.57. The van der Waals surface area contributed by atoms with Gasteiger partial charge in [-0.05, 0) is 49.9 Å². The van der Waals surface area contributed by atoms with Crippen LogP contribution < -0.4 is 11.1 Å². The second kappa shape index (κ2) is 6.63. The van der Waals surface area contributed by atoms with Crippen LogP contribution >= 0.6 is 11.6 Å². The van der Waals surface area contributed by atoms with Crippen LogP contribution in [0.25, 0.3) is 10.9 Å². The predicted molar refractivity (Wildman–Crippen MR) is 88.5 cm³/mol. The summed E-state index contributed by atoms with van der Waals surface area (Å²) in [6.07, 6.45) is 3.65. The average Bonchev–Trinajstić information content (AvgIpc) is 2.53. The Kier molecular flexibility index (Phi) is 4.60.